The summed E-state index contributed by atoms with van der Waals surface area (Å²) >= 11 is 0. The third kappa shape index (κ3) is 11.5. The second-order valence-corrected chi connectivity index (χ2v) is 28.8. The van der Waals surface area contributed by atoms with Gasteiger partial charge < -0.3 is 114 Å². The summed E-state index contributed by atoms with van der Waals surface area (Å²) in [5, 5.41) is 145. The quantitative estimate of drug-likeness (QED) is 0.0446. The molecule has 4 aliphatic heterocycles. The van der Waals surface area contributed by atoms with Crippen LogP contribution in [0.1, 0.15) is 128 Å². The minimum Gasteiger partial charge on any atom is -0.454 e. The molecule has 25 nitrogen and oxygen atoms in total. The molecule has 0 spiro atoms. The Balaban J connectivity index is 1.02. The van der Waals surface area contributed by atoms with Crippen molar-refractivity contribution < 1.29 is 123 Å². The molecule has 0 aromatic carbocycles. The first kappa shape index (κ1) is 69.7. The topological polar surface area (TPSA) is 389 Å². The standard InChI is InChI=1S/C63H100O25/c1-13-27(3)52(77)87-50-51(88-53(78)28(4)14-2)63(26-66)31(21-58(50,6)7)30-15-16-36-60(10)19-18-38(59(8,9)35(60)17-20-61(36,11)62(30,12)22-37(63)67)84-56-48(42(71)34(25-79-56)83-55-47(76)44(73)40(69)32(23-64)81-55)86-57-49(45(74)41(70)33(24-65)82-57)85-54-46(75)43(72)39(68)29(5)80-54/h13-15,29,31-51,54-57,64-76H,16-26H2,1-12H3. The van der Waals surface area contributed by atoms with E-state index in [0.717, 1.165) is 12.0 Å². The summed E-state index contributed by atoms with van der Waals surface area (Å²) in [7, 11) is 0. The van der Waals surface area contributed by atoms with Gasteiger partial charge in [0.1, 0.15) is 91.6 Å². The number of esters is 2. The molecule has 0 amide bonds. The fraction of sp³-hybridized carbons (Fsp3) is 0.873. The highest BCUT2D eigenvalue weighted by Gasteiger charge is 2.74. The average Bonchev–Trinajstić information content (AvgIpc) is 0.682. The molecule has 88 heavy (non-hydrogen) atoms. The molecule has 0 radical (unpaired) electrons. The van der Waals surface area contributed by atoms with Crippen LogP contribution in [0.2, 0.25) is 0 Å². The second-order valence-electron chi connectivity index (χ2n) is 28.8. The SMILES string of the molecule is CC=C(C)C(=O)OC1C(OC(=O)C(C)=CC)C2(CO)C(O)CC3(C)C(=CCC4C5(C)CCC(OC6OCC(OC7OC(CO)C(O)C(O)C7O)C(O)C6OC6OC(CO)C(O)C(O)C6OC6OC(C)C(O)C(O)C6O)C(C)(C)C5CCC43C)C2CC1(C)C. The van der Waals surface area contributed by atoms with E-state index in [1.807, 2.05) is 13.8 Å². The van der Waals surface area contributed by atoms with Gasteiger partial charge in [-0.15, -0.1) is 0 Å². The smallest absolute Gasteiger partial charge is 0.333 e. The molecule has 25 heteroatoms. The van der Waals surface area contributed by atoms with Crippen LogP contribution in [0.25, 0.3) is 0 Å². The van der Waals surface area contributed by atoms with E-state index in [2.05, 4.69) is 40.7 Å². The number of carbonyl (C=O) groups excluding carboxylic acids is 2. The van der Waals surface area contributed by atoms with Crippen LogP contribution < -0.4 is 0 Å². The lowest BCUT2D eigenvalue weighted by Gasteiger charge is -2.72. The van der Waals surface area contributed by atoms with Crippen molar-refractivity contribution in [3.05, 3.63) is 34.9 Å². The number of carbonyl (C=O) groups is 2. The number of hydrogen-bond donors (Lipinski definition) is 13. The van der Waals surface area contributed by atoms with Gasteiger partial charge in [-0.25, -0.2) is 9.59 Å². The average molecular weight is 1260 g/mol. The molecule has 0 bridgehead atoms. The van der Waals surface area contributed by atoms with E-state index in [1.165, 1.54) is 6.92 Å². The van der Waals surface area contributed by atoms with E-state index in [0.29, 0.717) is 43.3 Å². The van der Waals surface area contributed by atoms with Crippen LogP contribution in [-0.2, 0) is 57.0 Å². The Morgan fingerprint density at radius 3 is 1.74 bits per heavy atom. The van der Waals surface area contributed by atoms with Crippen LogP contribution in [0.5, 0.6) is 0 Å². The van der Waals surface area contributed by atoms with Gasteiger partial charge in [-0.2, -0.15) is 0 Å². The van der Waals surface area contributed by atoms with Crippen molar-refractivity contribution in [2.24, 2.45) is 50.2 Å². The highest BCUT2D eigenvalue weighted by atomic mass is 16.8. The summed E-state index contributed by atoms with van der Waals surface area (Å²) < 4.78 is 62.2. The summed E-state index contributed by atoms with van der Waals surface area (Å²) in [5.41, 5.74) is -2.55. The van der Waals surface area contributed by atoms with Crippen LogP contribution >= 0.6 is 0 Å². The van der Waals surface area contributed by atoms with Gasteiger partial charge in [0.15, 0.2) is 31.3 Å². The number of allylic oxidation sites excluding steroid dienone is 4. The van der Waals surface area contributed by atoms with Crippen molar-refractivity contribution in [3.63, 3.8) is 0 Å². The molecule has 4 saturated heterocycles. The Morgan fingerprint density at radius 1 is 0.602 bits per heavy atom. The van der Waals surface area contributed by atoms with Crippen molar-refractivity contribution in [1.29, 1.82) is 0 Å². The predicted octanol–water partition coefficient (Wildman–Crippen LogP) is 0.0514. The van der Waals surface area contributed by atoms with Crippen LogP contribution in [0, 0.1) is 50.2 Å². The van der Waals surface area contributed by atoms with Gasteiger partial charge in [-0.1, -0.05) is 72.3 Å². The van der Waals surface area contributed by atoms with Crippen molar-refractivity contribution in [2.75, 3.05) is 26.4 Å². The first-order valence-corrected chi connectivity index (χ1v) is 31.4. The Kier molecular flexibility index (Phi) is 20.5. The molecule has 0 aromatic rings. The zero-order valence-corrected chi connectivity index (χ0v) is 52.7. The third-order valence-electron chi connectivity index (χ3n) is 23.3. The monoisotopic (exact) mass is 1260 g/mol. The molecule has 4 heterocycles. The Hall–Kier alpha value is -2.68. The molecule has 9 rings (SSSR count). The molecule has 8 fully saturated rings. The molecule has 9 aliphatic rings. The Labute approximate surface area is 514 Å². The summed E-state index contributed by atoms with van der Waals surface area (Å²) in [6, 6.07) is 0. The maximum atomic E-state index is 13.9. The molecule has 30 unspecified atom stereocenters. The Bertz CT molecular complexity index is 2580. The lowest BCUT2D eigenvalue weighted by atomic mass is 9.33. The molecule has 30 atom stereocenters. The molecule has 13 N–H and O–H groups in total. The first-order chi connectivity index (χ1) is 41.2. The number of fused-ring (bicyclic) bond motifs is 7. The van der Waals surface area contributed by atoms with Gasteiger partial charge in [0.2, 0.25) is 0 Å². The molecule has 4 saturated carbocycles. The summed E-state index contributed by atoms with van der Waals surface area (Å²) in [5.74, 6) is -1.68. The Morgan fingerprint density at radius 2 is 1.15 bits per heavy atom. The van der Waals surface area contributed by atoms with Gasteiger partial charge in [-0.05, 0) is 119 Å². The fourth-order valence-electron chi connectivity index (χ4n) is 17.5. The summed E-state index contributed by atoms with van der Waals surface area (Å²) in [4.78, 5) is 27.5. The fourth-order valence-corrected chi connectivity index (χ4v) is 17.5. The maximum absolute atomic E-state index is 13.9. The lowest BCUT2D eigenvalue weighted by Crippen LogP contribution is -2.72. The van der Waals surface area contributed by atoms with E-state index >= 15 is 0 Å². The summed E-state index contributed by atoms with van der Waals surface area (Å²) in [6.07, 6.45) is -26.7. The van der Waals surface area contributed by atoms with Gasteiger partial charge in [0.25, 0.3) is 0 Å². The third-order valence-corrected chi connectivity index (χ3v) is 23.3. The zero-order valence-electron chi connectivity index (χ0n) is 52.7. The van der Waals surface area contributed by atoms with Crippen molar-refractivity contribution in [3.8, 4) is 0 Å². The van der Waals surface area contributed by atoms with E-state index in [1.54, 1.807) is 39.8 Å². The van der Waals surface area contributed by atoms with Crippen LogP contribution in [-0.4, -0.2) is 246 Å². The number of aliphatic hydroxyl groups is 13. The minimum atomic E-state index is -1.94. The van der Waals surface area contributed by atoms with E-state index in [9.17, 15) is 76.0 Å². The molecular formula is C63H100O25. The zero-order chi connectivity index (χ0) is 64.9. The highest BCUT2D eigenvalue weighted by molar-refractivity contribution is 5.88. The number of rotatable bonds is 15. The van der Waals surface area contributed by atoms with Gasteiger partial charge in [0.05, 0.1) is 50.2 Å². The van der Waals surface area contributed by atoms with Crippen LogP contribution in [0.3, 0.4) is 0 Å². The van der Waals surface area contributed by atoms with Crippen LogP contribution in [0.4, 0.5) is 0 Å². The van der Waals surface area contributed by atoms with Crippen molar-refractivity contribution >= 4 is 11.9 Å². The largest absolute Gasteiger partial charge is 0.454 e. The number of hydrogen-bond acceptors (Lipinski definition) is 25. The van der Waals surface area contributed by atoms with Crippen LogP contribution in [0.15, 0.2) is 34.9 Å². The molecule has 0 aromatic heterocycles. The molecule has 502 valence electrons. The normalized spacial score (nSPS) is 50.3. The highest BCUT2D eigenvalue weighted by Crippen LogP contribution is 2.76. The van der Waals surface area contributed by atoms with Gasteiger partial charge in [0, 0.05) is 16.6 Å². The summed E-state index contributed by atoms with van der Waals surface area (Å²) in [6.45, 7) is 20.6. The van der Waals surface area contributed by atoms with E-state index in [4.69, 9.17) is 47.4 Å². The van der Waals surface area contributed by atoms with E-state index in [-0.39, 0.29) is 23.7 Å². The molecule has 5 aliphatic carbocycles. The second kappa shape index (κ2) is 25.9. The number of ether oxygens (including phenoxy) is 10. The van der Waals surface area contributed by atoms with Crippen molar-refractivity contribution in [2.45, 2.75) is 269 Å². The van der Waals surface area contributed by atoms with Gasteiger partial charge >= 0.3 is 11.9 Å². The predicted molar refractivity (Wildman–Crippen MR) is 306 cm³/mol. The van der Waals surface area contributed by atoms with Gasteiger partial charge in [-0.3, -0.25) is 0 Å². The molecular weight excluding hydrogens is 1160 g/mol. The maximum Gasteiger partial charge on any atom is 0.333 e. The first-order valence-electron chi connectivity index (χ1n) is 31.4. The number of aliphatic hydroxyl groups excluding tert-OH is 13. The van der Waals surface area contributed by atoms with E-state index < -0.39 is 212 Å². The lowest BCUT2D eigenvalue weighted by molar-refractivity contribution is -0.398. The van der Waals surface area contributed by atoms with Crippen molar-refractivity contribution in [1.82, 2.24) is 0 Å². The minimum absolute atomic E-state index is 0.0153.